The van der Waals surface area contributed by atoms with Gasteiger partial charge < -0.3 is 9.55 Å². The number of pyridine rings is 1. The van der Waals surface area contributed by atoms with Gasteiger partial charge in [-0.15, -0.1) is 0 Å². The molecule has 0 spiro atoms. The number of benzene rings is 2. The minimum absolute atomic E-state index is 0.169. The minimum Gasteiger partial charge on any atom is -0.333 e. The van der Waals surface area contributed by atoms with E-state index in [9.17, 15) is 9.59 Å². The Labute approximate surface area is 188 Å². The summed E-state index contributed by atoms with van der Waals surface area (Å²) < 4.78 is 16.9. The first kappa shape index (κ1) is 19.7. The normalized spacial score (nSPS) is 13.2. The number of halogens is 1. The van der Waals surface area contributed by atoms with E-state index in [2.05, 4.69) is 27.3 Å². The van der Waals surface area contributed by atoms with Crippen molar-refractivity contribution in [3.63, 3.8) is 0 Å². The van der Waals surface area contributed by atoms with Crippen LogP contribution in [-0.2, 0) is 19.4 Å². The number of aromatic nitrogens is 4. The molecule has 0 radical (unpaired) electrons. The number of fused-ring (bicyclic) bond motifs is 3. The van der Waals surface area contributed by atoms with Crippen LogP contribution in [0.25, 0.3) is 32.9 Å². The molecule has 0 bridgehead atoms. The van der Waals surface area contributed by atoms with Crippen LogP contribution >= 0.6 is 0 Å². The fourth-order valence-electron chi connectivity index (χ4n) is 5.14. The molecule has 0 atom stereocenters. The van der Waals surface area contributed by atoms with E-state index in [1.807, 2.05) is 4.57 Å². The first-order chi connectivity index (χ1) is 16.0. The molecule has 2 aromatic carbocycles. The number of hydrogen-bond donors (Lipinski definition) is 2. The summed E-state index contributed by atoms with van der Waals surface area (Å²) in [6, 6.07) is 10.9. The number of ketones is 1. The van der Waals surface area contributed by atoms with E-state index in [-0.39, 0.29) is 23.7 Å². The summed E-state index contributed by atoms with van der Waals surface area (Å²) in [5.74, 6) is -0.544. The van der Waals surface area contributed by atoms with Gasteiger partial charge in [-0.2, -0.15) is 5.10 Å². The van der Waals surface area contributed by atoms with Crippen LogP contribution in [0, 0.1) is 5.82 Å². The number of nitrogens with zero attached hydrogens (tertiary/aromatic N) is 2. The molecule has 7 heteroatoms. The van der Waals surface area contributed by atoms with E-state index in [1.165, 1.54) is 24.1 Å². The number of Topliss-reactive ketones (excluding diaryl/α,β-unsaturated/α-hetero) is 1. The Kier molecular flexibility index (Phi) is 4.33. The van der Waals surface area contributed by atoms with Crippen LogP contribution < -0.4 is 5.56 Å². The van der Waals surface area contributed by atoms with Crippen molar-refractivity contribution >= 4 is 27.6 Å². The van der Waals surface area contributed by atoms with Crippen molar-refractivity contribution in [2.24, 2.45) is 0 Å². The molecule has 164 valence electrons. The van der Waals surface area contributed by atoms with Crippen molar-refractivity contribution in [2.45, 2.75) is 32.7 Å². The number of carbonyl (C=O) groups is 1. The molecule has 33 heavy (non-hydrogen) atoms. The molecule has 3 aromatic heterocycles. The summed E-state index contributed by atoms with van der Waals surface area (Å²) in [7, 11) is 0. The second-order valence-electron chi connectivity index (χ2n) is 8.67. The maximum absolute atomic E-state index is 15.0. The lowest BCUT2D eigenvalue weighted by Crippen LogP contribution is -2.13. The van der Waals surface area contributed by atoms with E-state index in [0.717, 1.165) is 35.6 Å². The smallest absolute Gasteiger partial charge is 0.255 e. The molecule has 6 nitrogen and oxygen atoms in total. The highest BCUT2D eigenvalue weighted by Gasteiger charge is 2.26. The standard InChI is InChI=1S/C26H21FN4O2/c1-14(32)25-24(19-6-3-7-28-26(19)33)20-9-15-4-2-5-16(15)10-23(20)31(25)13-18-8-17-12-29-30-22(17)11-21(18)27/h3,6-12H,2,4-5,13H2,1H3,(H,28,33)(H,29,30). The number of rotatable bonds is 4. The summed E-state index contributed by atoms with van der Waals surface area (Å²) in [5.41, 5.74) is 5.61. The molecule has 3 heterocycles. The van der Waals surface area contributed by atoms with Crippen molar-refractivity contribution in [1.29, 1.82) is 0 Å². The second-order valence-corrected chi connectivity index (χ2v) is 8.67. The van der Waals surface area contributed by atoms with Crippen LogP contribution in [0.5, 0.6) is 0 Å². The predicted octanol–water partition coefficient (Wildman–Crippen LogP) is 4.75. The zero-order valence-electron chi connectivity index (χ0n) is 18.0. The average Bonchev–Trinajstić information content (AvgIpc) is 3.50. The van der Waals surface area contributed by atoms with Gasteiger partial charge in [0, 0.05) is 46.1 Å². The Bertz CT molecular complexity index is 1640. The summed E-state index contributed by atoms with van der Waals surface area (Å²) in [6.07, 6.45) is 6.25. The lowest BCUT2D eigenvalue weighted by molar-refractivity contribution is 0.101. The summed E-state index contributed by atoms with van der Waals surface area (Å²) in [5, 5.41) is 8.42. The average molecular weight is 440 g/mol. The Morgan fingerprint density at radius 3 is 2.79 bits per heavy atom. The van der Waals surface area contributed by atoms with Crippen LogP contribution in [0.4, 0.5) is 4.39 Å². The zero-order valence-corrected chi connectivity index (χ0v) is 18.0. The maximum atomic E-state index is 15.0. The van der Waals surface area contributed by atoms with Gasteiger partial charge in [0.25, 0.3) is 5.56 Å². The molecule has 0 aliphatic heterocycles. The van der Waals surface area contributed by atoms with Crippen LogP contribution in [0.15, 0.2) is 53.6 Å². The fourth-order valence-corrected chi connectivity index (χ4v) is 5.14. The van der Waals surface area contributed by atoms with Crippen molar-refractivity contribution < 1.29 is 9.18 Å². The van der Waals surface area contributed by atoms with Gasteiger partial charge in [0.15, 0.2) is 5.78 Å². The third-order valence-corrected chi connectivity index (χ3v) is 6.63. The van der Waals surface area contributed by atoms with Crippen molar-refractivity contribution in [3.8, 4) is 11.1 Å². The van der Waals surface area contributed by atoms with E-state index in [4.69, 9.17) is 0 Å². The molecule has 0 saturated carbocycles. The Balaban J connectivity index is 1.67. The number of hydrogen-bond acceptors (Lipinski definition) is 3. The van der Waals surface area contributed by atoms with Gasteiger partial charge in [-0.25, -0.2) is 4.39 Å². The monoisotopic (exact) mass is 440 g/mol. The topological polar surface area (TPSA) is 83.5 Å². The van der Waals surface area contributed by atoms with Crippen LogP contribution in [-0.4, -0.2) is 25.5 Å². The maximum Gasteiger partial charge on any atom is 0.255 e. The van der Waals surface area contributed by atoms with Gasteiger partial charge in [-0.1, -0.05) is 0 Å². The summed E-state index contributed by atoms with van der Waals surface area (Å²) in [4.78, 5) is 28.5. The first-order valence-corrected chi connectivity index (χ1v) is 11.0. The fraction of sp³-hybridized carbons (Fsp3) is 0.192. The lowest BCUT2D eigenvalue weighted by atomic mass is 9.99. The Morgan fingerprint density at radius 1 is 1.18 bits per heavy atom. The third kappa shape index (κ3) is 3.03. The van der Waals surface area contributed by atoms with Crippen molar-refractivity contribution in [2.75, 3.05) is 0 Å². The number of carbonyl (C=O) groups excluding carboxylic acids is 1. The largest absolute Gasteiger partial charge is 0.333 e. The highest BCUT2D eigenvalue weighted by molar-refractivity contribution is 6.10. The molecule has 0 unspecified atom stereocenters. The molecule has 6 rings (SSSR count). The highest BCUT2D eigenvalue weighted by Crippen LogP contribution is 2.38. The second kappa shape index (κ2) is 7.27. The van der Waals surface area contributed by atoms with Gasteiger partial charge in [0.1, 0.15) is 5.82 Å². The van der Waals surface area contributed by atoms with E-state index in [1.54, 1.807) is 30.6 Å². The third-order valence-electron chi connectivity index (χ3n) is 6.63. The van der Waals surface area contributed by atoms with Gasteiger partial charge in [0.05, 0.1) is 24.0 Å². The molecular formula is C26H21FN4O2. The zero-order chi connectivity index (χ0) is 22.7. The van der Waals surface area contributed by atoms with Crippen molar-refractivity contribution in [3.05, 3.63) is 87.3 Å². The van der Waals surface area contributed by atoms with Crippen LogP contribution in [0.2, 0.25) is 0 Å². The summed E-state index contributed by atoms with van der Waals surface area (Å²) in [6.45, 7) is 1.66. The molecular weight excluding hydrogens is 419 g/mol. The number of aromatic amines is 2. The first-order valence-electron chi connectivity index (χ1n) is 11.0. The van der Waals surface area contributed by atoms with Gasteiger partial charge in [-0.05, 0) is 66.8 Å². The molecule has 1 aliphatic rings. The Morgan fingerprint density at radius 2 is 2.00 bits per heavy atom. The number of nitrogens with one attached hydrogen (secondary N) is 2. The van der Waals surface area contributed by atoms with Gasteiger partial charge in [0.2, 0.25) is 0 Å². The molecule has 1 aliphatic carbocycles. The molecule has 0 amide bonds. The Hall–Kier alpha value is -4.00. The highest BCUT2D eigenvalue weighted by atomic mass is 19.1. The SMILES string of the molecule is CC(=O)c1c(-c2ccc[nH]c2=O)c2cc3c(cc2n1Cc1cc2cn[nH]c2cc1F)CCC3. The lowest BCUT2D eigenvalue weighted by Gasteiger charge is -2.12. The van der Waals surface area contributed by atoms with Crippen molar-refractivity contribution in [1.82, 2.24) is 19.7 Å². The van der Waals surface area contributed by atoms with Gasteiger partial charge in [-0.3, -0.25) is 14.7 Å². The molecule has 0 fully saturated rings. The molecule has 0 saturated heterocycles. The number of H-pyrrole nitrogens is 2. The molecule has 2 N–H and O–H groups in total. The van der Waals surface area contributed by atoms with Crippen LogP contribution in [0.3, 0.4) is 0 Å². The quantitative estimate of drug-likeness (QED) is 0.396. The summed E-state index contributed by atoms with van der Waals surface area (Å²) >= 11 is 0. The van der Waals surface area contributed by atoms with Crippen LogP contribution in [0.1, 0.15) is 40.5 Å². The van der Waals surface area contributed by atoms with E-state index < -0.39 is 0 Å². The number of aryl methyl sites for hydroxylation is 2. The van der Waals surface area contributed by atoms with E-state index >= 15 is 4.39 Å². The molecule has 5 aromatic rings. The predicted molar refractivity (Wildman–Crippen MR) is 125 cm³/mol. The minimum atomic E-state index is -0.372. The van der Waals surface area contributed by atoms with E-state index in [0.29, 0.717) is 27.9 Å². The van der Waals surface area contributed by atoms with Gasteiger partial charge >= 0.3 is 0 Å².